The normalized spacial score (nSPS) is 14.0. The van der Waals surface area contributed by atoms with Gasteiger partial charge in [-0.2, -0.15) is 8.42 Å². The molecule has 0 atom stereocenters. The quantitative estimate of drug-likeness (QED) is 0.433. The number of nitrogens with zero attached hydrogens (tertiary/aromatic N) is 2. The van der Waals surface area contributed by atoms with Gasteiger partial charge in [0.1, 0.15) is 17.1 Å². The standard InChI is InChI=1S/C27H30N4O4S.2H2/c1-17-15-18(2)25(19(3)16-17)35-27-21(13-14-22(29-27)20-9-6-4-5-7-10-20)26(32)31-36(33,34)24-12-8-11-23(28)30-24;;/h8-9,11-16H,4-7,10H2,1-3H3,(H2,28,30)(H,31,32);2*1H. The Labute approximate surface area is 214 Å². The van der Waals surface area contributed by atoms with Crippen molar-refractivity contribution in [2.75, 3.05) is 5.73 Å². The second-order valence-electron chi connectivity index (χ2n) is 9.04. The number of nitrogens with two attached hydrogens (primary N) is 1. The number of allylic oxidation sites excluding steroid dienone is 2. The van der Waals surface area contributed by atoms with Crippen LogP contribution in [0.4, 0.5) is 5.82 Å². The third kappa shape index (κ3) is 5.73. The van der Waals surface area contributed by atoms with Gasteiger partial charge in [0.15, 0.2) is 5.03 Å². The number of ether oxygens (including phenoxy) is 1. The van der Waals surface area contributed by atoms with Crippen LogP contribution in [-0.2, 0) is 10.0 Å². The lowest BCUT2D eigenvalue weighted by atomic mass is 10.1. The van der Waals surface area contributed by atoms with Crippen molar-refractivity contribution in [3.8, 4) is 11.6 Å². The van der Waals surface area contributed by atoms with E-state index >= 15 is 0 Å². The first-order chi connectivity index (χ1) is 17.1. The Bertz CT molecular complexity index is 1440. The summed E-state index contributed by atoms with van der Waals surface area (Å²) >= 11 is 0. The van der Waals surface area contributed by atoms with Crippen molar-refractivity contribution < 1.29 is 20.8 Å². The Morgan fingerprint density at radius 2 is 1.78 bits per heavy atom. The highest BCUT2D eigenvalue weighted by Gasteiger charge is 2.25. The number of aromatic nitrogens is 2. The van der Waals surface area contributed by atoms with Crippen LogP contribution in [0.15, 0.2) is 53.6 Å². The van der Waals surface area contributed by atoms with Gasteiger partial charge in [0.2, 0.25) is 5.88 Å². The summed E-state index contributed by atoms with van der Waals surface area (Å²) < 4.78 is 33.9. The molecule has 36 heavy (non-hydrogen) atoms. The number of nitrogen functional groups attached to an aromatic ring is 1. The van der Waals surface area contributed by atoms with Crippen LogP contribution in [-0.4, -0.2) is 24.3 Å². The van der Waals surface area contributed by atoms with E-state index in [4.69, 9.17) is 15.5 Å². The Morgan fingerprint density at radius 1 is 1.03 bits per heavy atom. The summed E-state index contributed by atoms with van der Waals surface area (Å²) in [5.74, 6) is -0.219. The molecule has 0 radical (unpaired) electrons. The number of aryl methyl sites for hydroxylation is 3. The van der Waals surface area contributed by atoms with Crippen LogP contribution in [0.1, 0.15) is 67.7 Å². The molecule has 3 N–H and O–H groups in total. The fourth-order valence-corrected chi connectivity index (χ4v) is 5.29. The van der Waals surface area contributed by atoms with Gasteiger partial charge in [0.25, 0.3) is 15.9 Å². The van der Waals surface area contributed by atoms with E-state index in [2.05, 4.69) is 15.8 Å². The van der Waals surface area contributed by atoms with Gasteiger partial charge < -0.3 is 10.5 Å². The van der Waals surface area contributed by atoms with Crippen molar-refractivity contribution in [3.05, 3.63) is 76.5 Å². The molecule has 0 spiro atoms. The van der Waals surface area contributed by atoms with Gasteiger partial charge in [-0.3, -0.25) is 4.79 Å². The zero-order valence-electron chi connectivity index (χ0n) is 20.7. The highest BCUT2D eigenvalue weighted by molar-refractivity contribution is 7.90. The number of benzene rings is 1. The molecular weight excluding hydrogens is 476 g/mol. The average molecular weight is 511 g/mol. The molecule has 0 bridgehead atoms. The van der Waals surface area contributed by atoms with Crippen LogP contribution in [0.3, 0.4) is 0 Å². The Hall–Kier alpha value is -3.72. The monoisotopic (exact) mass is 510 g/mol. The van der Waals surface area contributed by atoms with Crippen LogP contribution in [0.25, 0.3) is 5.57 Å². The number of hydrogen-bond donors (Lipinski definition) is 2. The molecule has 3 aromatic rings. The Balaban J connectivity index is 0.00000253. The number of rotatable bonds is 6. The summed E-state index contributed by atoms with van der Waals surface area (Å²) in [5, 5.41) is -0.350. The third-order valence-electron chi connectivity index (χ3n) is 6.03. The maximum absolute atomic E-state index is 13.2. The maximum Gasteiger partial charge on any atom is 0.281 e. The predicted molar refractivity (Wildman–Crippen MR) is 144 cm³/mol. The summed E-state index contributed by atoms with van der Waals surface area (Å²) in [6, 6.07) is 11.4. The molecule has 9 heteroatoms. The van der Waals surface area contributed by atoms with Crippen molar-refractivity contribution in [2.45, 2.75) is 57.9 Å². The molecule has 2 aromatic heterocycles. The fraction of sp³-hybridized carbons (Fsp3) is 0.296. The minimum Gasteiger partial charge on any atom is -0.438 e. The Morgan fingerprint density at radius 3 is 2.50 bits per heavy atom. The van der Waals surface area contributed by atoms with E-state index in [0.29, 0.717) is 11.4 Å². The number of amides is 1. The van der Waals surface area contributed by atoms with Crippen molar-refractivity contribution in [3.63, 3.8) is 0 Å². The first-order valence-electron chi connectivity index (χ1n) is 11.9. The van der Waals surface area contributed by atoms with Crippen molar-refractivity contribution in [2.24, 2.45) is 0 Å². The van der Waals surface area contributed by atoms with Gasteiger partial charge in [-0.25, -0.2) is 14.7 Å². The third-order valence-corrected chi connectivity index (χ3v) is 7.26. The number of hydrogen-bond acceptors (Lipinski definition) is 7. The topological polar surface area (TPSA) is 124 Å². The SMILES string of the molecule is Cc1cc(C)c(Oc2nc(C3=CCCCCC3)ccc2C(=O)NS(=O)(=O)c2cccc(N)n2)c(C)c1.[HH].[HH]. The van der Waals surface area contributed by atoms with E-state index < -0.39 is 15.9 Å². The van der Waals surface area contributed by atoms with Gasteiger partial charge in [0.05, 0.1) is 5.69 Å². The van der Waals surface area contributed by atoms with Crippen molar-refractivity contribution >= 4 is 27.3 Å². The maximum atomic E-state index is 13.2. The molecular formula is C27H34N4O4S. The first kappa shape index (κ1) is 25.4. The van der Waals surface area contributed by atoms with E-state index in [1.54, 1.807) is 12.1 Å². The van der Waals surface area contributed by atoms with E-state index in [1.807, 2.05) is 32.9 Å². The molecule has 1 aliphatic rings. The fourth-order valence-electron chi connectivity index (χ4n) is 4.35. The summed E-state index contributed by atoms with van der Waals surface area (Å²) in [4.78, 5) is 21.7. The molecule has 4 rings (SSSR count). The van der Waals surface area contributed by atoms with Gasteiger partial charge in [-0.15, -0.1) is 0 Å². The van der Waals surface area contributed by atoms with Gasteiger partial charge in [-0.05, 0) is 87.4 Å². The lowest BCUT2D eigenvalue weighted by Gasteiger charge is -2.16. The van der Waals surface area contributed by atoms with Crippen LogP contribution in [0, 0.1) is 20.8 Å². The molecule has 0 saturated carbocycles. The molecule has 2 heterocycles. The van der Waals surface area contributed by atoms with E-state index in [1.165, 1.54) is 18.2 Å². The molecule has 1 aliphatic carbocycles. The van der Waals surface area contributed by atoms with E-state index in [0.717, 1.165) is 54.4 Å². The molecule has 1 aromatic carbocycles. The summed E-state index contributed by atoms with van der Waals surface area (Å²) in [6.07, 6.45) is 7.38. The number of carbonyl (C=O) groups is 1. The second kappa shape index (κ2) is 10.5. The van der Waals surface area contributed by atoms with E-state index in [-0.39, 0.29) is 25.1 Å². The summed E-state index contributed by atoms with van der Waals surface area (Å²) in [7, 11) is -4.26. The number of carbonyl (C=O) groups excluding carboxylic acids is 1. The molecule has 0 unspecified atom stereocenters. The summed E-state index contributed by atoms with van der Waals surface area (Å²) in [6.45, 7) is 5.83. The highest BCUT2D eigenvalue weighted by atomic mass is 32.2. The van der Waals surface area contributed by atoms with E-state index in [9.17, 15) is 13.2 Å². The molecule has 192 valence electrons. The molecule has 0 fully saturated rings. The van der Waals surface area contributed by atoms with Gasteiger partial charge in [-0.1, -0.05) is 36.3 Å². The van der Waals surface area contributed by atoms with Gasteiger partial charge >= 0.3 is 0 Å². The minimum atomic E-state index is -4.26. The summed E-state index contributed by atoms with van der Waals surface area (Å²) in [5.41, 5.74) is 10.3. The number of nitrogens with one attached hydrogen (secondary N) is 1. The van der Waals surface area contributed by atoms with Crippen LogP contribution >= 0.6 is 0 Å². The van der Waals surface area contributed by atoms with Crippen LogP contribution in [0.5, 0.6) is 11.6 Å². The molecule has 0 aliphatic heterocycles. The number of anilines is 1. The van der Waals surface area contributed by atoms with Crippen LogP contribution in [0.2, 0.25) is 0 Å². The molecule has 0 saturated heterocycles. The predicted octanol–water partition coefficient (Wildman–Crippen LogP) is 5.73. The van der Waals surface area contributed by atoms with Crippen molar-refractivity contribution in [1.29, 1.82) is 0 Å². The largest absolute Gasteiger partial charge is 0.438 e. The molecule has 1 amide bonds. The lowest BCUT2D eigenvalue weighted by molar-refractivity contribution is 0.0978. The zero-order valence-corrected chi connectivity index (χ0v) is 21.5. The first-order valence-corrected chi connectivity index (χ1v) is 13.4. The second-order valence-corrected chi connectivity index (χ2v) is 10.7. The highest BCUT2D eigenvalue weighted by Crippen LogP contribution is 2.33. The average Bonchev–Trinajstić information content (AvgIpc) is 3.10. The lowest BCUT2D eigenvalue weighted by Crippen LogP contribution is -2.31. The van der Waals surface area contributed by atoms with Crippen molar-refractivity contribution in [1.82, 2.24) is 14.7 Å². The minimum absolute atomic E-state index is 0. The molecule has 8 nitrogen and oxygen atoms in total. The number of sulfonamides is 1. The van der Waals surface area contributed by atoms with Crippen LogP contribution < -0.4 is 15.2 Å². The smallest absolute Gasteiger partial charge is 0.281 e. The van der Waals surface area contributed by atoms with Gasteiger partial charge in [0, 0.05) is 2.85 Å². The zero-order chi connectivity index (χ0) is 25.9. The Kier molecular flexibility index (Phi) is 7.40. The number of pyridine rings is 2.